The Bertz CT molecular complexity index is 366. The van der Waals surface area contributed by atoms with E-state index in [9.17, 15) is 4.39 Å². The van der Waals surface area contributed by atoms with Crippen molar-refractivity contribution in [1.82, 2.24) is 4.90 Å². The Labute approximate surface area is 115 Å². The largest absolute Gasteiger partial charge is 0.396 e. The molecule has 0 bridgehead atoms. The molecule has 2 rings (SSSR count). The zero-order valence-electron chi connectivity index (χ0n) is 11.5. The van der Waals surface area contributed by atoms with Gasteiger partial charge in [0.25, 0.3) is 0 Å². The number of hydrogen-bond donors (Lipinski definition) is 1. The summed E-state index contributed by atoms with van der Waals surface area (Å²) in [7, 11) is 0. The quantitative estimate of drug-likeness (QED) is 0.855. The zero-order chi connectivity index (χ0) is 13.5. The number of piperidine rings is 1. The van der Waals surface area contributed by atoms with Gasteiger partial charge >= 0.3 is 0 Å². The van der Waals surface area contributed by atoms with Gasteiger partial charge in [0.15, 0.2) is 0 Å². The lowest BCUT2D eigenvalue weighted by molar-refractivity contribution is 0.154. The van der Waals surface area contributed by atoms with E-state index in [1.54, 1.807) is 12.1 Å². The van der Waals surface area contributed by atoms with Crippen molar-refractivity contribution in [2.75, 3.05) is 26.2 Å². The molecule has 0 radical (unpaired) electrons. The number of halogens is 1. The van der Waals surface area contributed by atoms with Gasteiger partial charge in [0, 0.05) is 19.7 Å². The van der Waals surface area contributed by atoms with Crippen LogP contribution >= 0.6 is 0 Å². The monoisotopic (exact) mass is 265 g/mol. The summed E-state index contributed by atoms with van der Waals surface area (Å²) < 4.78 is 12.8. The van der Waals surface area contributed by atoms with Crippen LogP contribution in [0, 0.1) is 11.7 Å². The van der Waals surface area contributed by atoms with Gasteiger partial charge < -0.3 is 10.0 Å². The molecule has 0 aliphatic carbocycles. The summed E-state index contributed by atoms with van der Waals surface area (Å²) in [6.07, 6.45) is 5.67. The van der Waals surface area contributed by atoms with E-state index < -0.39 is 0 Å². The first-order valence-corrected chi connectivity index (χ1v) is 7.35. The lowest BCUT2D eigenvalue weighted by Crippen LogP contribution is -2.36. The number of aliphatic hydroxyl groups is 1. The van der Waals surface area contributed by atoms with Crippen LogP contribution in [0.1, 0.15) is 31.2 Å². The smallest absolute Gasteiger partial charge is 0.123 e. The molecule has 1 aliphatic rings. The van der Waals surface area contributed by atoms with E-state index in [2.05, 4.69) is 4.90 Å². The lowest BCUT2D eigenvalue weighted by atomic mass is 9.91. The molecular formula is C16H24FNO. The summed E-state index contributed by atoms with van der Waals surface area (Å²) in [6.45, 7) is 3.63. The Balaban J connectivity index is 1.74. The van der Waals surface area contributed by atoms with Crippen LogP contribution < -0.4 is 0 Å². The van der Waals surface area contributed by atoms with E-state index in [-0.39, 0.29) is 12.4 Å². The summed E-state index contributed by atoms with van der Waals surface area (Å²) >= 11 is 0. The van der Waals surface area contributed by atoms with Gasteiger partial charge in [0.1, 0.15) is 5.82 Å². The summed E-state index contributed by atoms with van der Waals surface area (Å²) in [5, 5.41) is 8.88. The van der Waals surface area contributed by atoms with Gasteiger partial charge in [-0.1, -0.05) is 12.1 Å². The summed E-state index contributed by atoms with van der Waals surface area (Å²) in [5.41, 5.74) is 1.23. The van der Waals surface area contributed by atoms with Crippen molar-refractivity contribution in [2.24, 2.45) is 5.92 Å². The van der Waals surface area contributed by atoms with Crippen LogP contribution in [0.15, 0.2) is 24.3 Å². The second-order valence-corrected chi connectivity index (χ2v) is 5.55. The molecule has 0 unspecified atom stereocenters. The molecule has 1 aliphatic heterocycles. The van der Waals surface area contributed by atoms with Crippen molar-refractivity contribution in [2.45, 2.75) is 32.1 Å². The minimum atomic E-state index is -0.156. The lowest BCUT2D eigenvalue weighted by Gasteiger charge is -2.32. The maximum absolute atomic E-state index is 12.8. The molecule has 1 atom stereocenters. The maximum atomic E-state index is 12.8. The Morgan fingerprint density at radius 3 is 2.79 bits per heavy atom. The number of likely N-dealkylation sites (tertiary alicyclic amines) is 1. The fourth-order valence-corrected chi connectivity index (χ4v) is 2.91. The molecule has 1 saturated heterocycles. The van der Waals surface area contributed by atoms with Crippen LogP contribution in [0.25, 0.3) is 0 Å². The summed E-state index contributed by atoms with van der Waals surface area (Å²) in [4.78, 5) is 2.47. The number of rotatable bonds is 6. The first kappa shape index (κ1) is 14.5. The highest BCUT2D eigenvalue weighted by atomic mass is 19.1. The third-order valence-electron chi connectivity index (χ3n) is 3.99. The van der Waals surface area contributed by atoms with E-state index in [4.69, 9.17) is 5.11 Å². The average Bonchev–Trinajstić information content (AvgIpc) is 2.45. The van der Waals surface area contributed by atoms with E-state index in [0.717, 1.165) is 31.8 Å². The molecule has 0 aromatic heterocycles. The van der Waals surface area contributed by atoms with Crippen molar-refractivity contribution < 1.29 is 9.50 Å². The third-order valence-corrected chi connectivity index (χ3v) is 3.99. The molecule has 1 N–H and O–H groups in total. The van der Waals surface area contributed by atoms with Crippen LogP contribution in [-0.2, 0) is 6.42 Å². The van der Waals surface area contributed by atoms with E-state index in [1.165, 1.54) is 31.4 Å². The molecule has 0 saturated carbocycles. The molecule has 3 heteroatoms. The molecule has 0 amide bonds. The topological polar surface area (TPSA) is 23.5 Å². The van der Waals surface area contributed by atoms with Crippen molar-refractivity contribution in [3.63, 3.8) is 0 Å². The van der Waals surface area contributed by atoms with Gasteiger partial charge in [-0.15, -0.1) is 0 Å². The Hall–Kier alpha value is -0.930. The molecule has 1 aromatic carbocycles. The molecule has 1 aromatic rings. The van der Waals surface area contributed by atoms with E-state index in [0.29, 0.717) is 0 Å². The van der Waals surface area contributed by atoms with Crippen LogP contribution in [0.5, 0.6) is 0 Å². The van der Waals surface area contributed by atoms with Gasteiger partial charge in [0.05, 0.1) is 0 Å². The fourth-order valence-electron chi connectivity index (χ4n) is 2.91. The molecule has 19 heavy (non-hydrogen) atoms. The second kappa shape index (κ2) is 7.61. The Morgan fingerprint density at radius 2 is 2.05 bits per heavy atom. The highest BCUT2D eigenvalue weighted by Gasteiger charge is 2.19. The predicted octanol–water partition coefficient (Wildman–Crippen LogP) is 2.85. The van der Waals surface area contributed by atoms with Crippen LogP contribution in [0.2, 0.25) is 0 Å². The molecule has 2 nitrogen and oxygen atoms in total. The first-order chi connectivity index (χ1) is 9.28. The normalized spacial score (nSPS) is 20.6. The Morgan fingerprint density at radius 1 is 1.26 bits per heavy atom. The van der Waals surface area contributed by atoms with Crippen molar-refractivity contribution in [3.05, 3.63) is 35.6 Å². The minimum absolute atomic E-state index is 0.156. The Kier molecular flexibility index (Phi) is 5.80. The SMILES string of the molecule is OCCCN1CCC[C@@H](CCc2ccc(F)cc2)C1. The molecule has 1 heterocycles. The van der Waals surface area contributed by atoms with E-state index in [1.807, 2.05) is 12.1 Å². The fraction of sp³-hybridized carbons (Fsp3) is 0.625. The highest BCUT2D eigenvalue weighted by molar-refractivity contribution is 5.16. The molecule has 1 fully saturated rings. The van der Waals surface area contributed by atoms with Crippen molar-refractivity contribution in [1.29, 1.82) is 0 Å². The number of aliphatic hydroxyl groups excluding tert-OH is 1. The number of hydrogen-bond acceptors (Lipinski definition) is 2. The van der Waals surface area contributed by atoms with Crippen LogP contribution in [0.3, 0.4) is 0 Å². The minimum Gasteiger partial charge on any atom is -0.396 e. The maximum Gasteiger partial charge on any atom is 0.123 e. The number of nitrogens with zero attached hydrogens (tertiary/aromatic N) is 1. The average molecular weight is 265 g/mol. The van der Waals surface area contributed by atoms with Crippen molar-refractivity contribution >= 4 is 0 Å². The number of benzene rings is 1. The van der Waals surface area contributed by atoms with E-state index >= 15 is 0 Å². The zero-order valence-corrected chi connectivity index (χ0v) is 11.5. The molecular weight excluding hydrogens is 241 g/mol. The van der Waals surface area contributed by atoms with Gasteiger partial charge in [-0.2, -0.15) is 0 Å². The van der Waals surface area contributed by atoms with Crippen LogP contribution in [0.4, 0.5) is 4.39 Å². The van der Waals surface area contributed by atoms with Gasteiger partial charge in [-0.05, 0) is 62.3 Å². The summed E-state index contributed by atoms with van der Waals surface area (Å²) in [5.74, 6) is 0.592. The summed E-state index contributed by atoms with van der Waals surface area (Å²) in [6, 6.07) is 6.87. The molecule has 106 valence electrons. The third kappa shape index (κ3) is 4.92. The first-order valence-electron chi connectivity index (χ1n) is 7.35. The van der Waals surface area contributed by atoms with Crippen molar-refractivity contribution in [3.8, 4) is 0 Å². The molecule has 0 spiro atoms. The van der Waals surface area contributed by atoms with Gasteiger partial charge in [-0.25, -0.2) is 4.39 Å². The van der Waals surface area contributed by atoms with Gasteiger partial charge in [0.2, 0.25) is 0 Å². The van der Waals surface area contributed by atoms with Crippen LogP contribution in [-0.4, -0.2) is 36.2 Å². The standard InChI is InChI=1S/C16H24FNO/c17-16-8-6-14(7-9-16)4-5-15-3-1-10-18(13-15)11-2-12-19/h6-9,15,19H,1-5,10-13H2/t15-/m0/s1. The van der Waals surface area contributed by atoms with Gasteiger partial charge in [-0.3, -0.25) is 0 Å². The highest BCUT2D eigenvalue weighted by Crippen LogP contribution is 2.21. The predicted molar refractivity (Wildman–Crippen MR) is 75.6 cm³/mol. The second-order valence-electron chi connectivity index (χ2n) is 5.55. The number of aryl methyl sites for hydroxylation is 1.